The predicted octanol–water partition coefficient (Wildman–Crippen LogP) is 3.84. The Morgan fingerprint density at radius 1 is 1.09 bits per heavy atom. The molecule has 2 aromatic carbocycles. The Morgan fingerprint density at radius 2 is 1.74 bits per heavy atom. The predicted molar refractivity (Wildman–Crippen MR) is 139 cm³/mol. The molecule has 10 heteroatoms. The second-order valence-corrected chi connectivity index (χ2v) is 10.7. The number of sulfonamides is 1. The largest absolute Gasteiger partial charge is 0.494 e. The monoisotopic (exact) mass is 523 g/mol. The fourth-order valence-electron chi connectivity index (χ4n) is 3.37. The molecule has 1 N–H and O–H groups in total. The number of hydrogen-bond acceptors (Lipinski definition) is 5. The Hall–Kier alpha value is -2.78. The third-order valence-electron chi connectivity index (χ3n) is 5.53. The lowest BCUT2D eigenvalue weighted by Crippen LogP contribution is -2.52. The van der Waals surface area contributed by atoms with E-state index in [0.717, 1.165) is 22.5 Å². The van der Waals surface area contributed by atoms with Crippen molar-refractivity contribution in [3.63, 3.8) is 0 Å². The Kier molecular flexibility index (Phi) is 10.4. The van der Waals surface area contributed by atoms with Gasteiger partial charge in [0.05, 0.1) is 18.6 Å². The fourth-order valence-corrected chi connectivity index (χ4v) is 4.43. The second-order valence-electron chi connectivity index (χ2n) is 8.34. The molecule has 2 rings (SSSR count). The van der Waals surface area contributed by atoms with E-state index in [9.17, 15) is 18.0 Å². The highest BCUT2D eigenvalue weighted by atomic mass is 35.5. The summed E-state index contributed by atoms with van der Waals surface area (Å²) in [6, 6.07) is 12.5. The van der Waals surface area contributed by atoms with Crippen molar-refractivity contribution < 1.29 is 22.7 Å². The SMILES string of the molecule is CCOc1ccc(N(CC(=O)N(Cc2cccc(Cl)c2)[C@@H](C)C(=O)N[C@H](C)CC)S(C)(=O)=O)cc1. The number of benzene rings is 2. The van der Waals surface area contributed by atoms with Gasteiger partial charge in [-0.3, -0.25) is 13.9 Å². The van der Waals surface area contributed by atoms with Crippen molar-refractivity contribution in [2.24, 2.45) is 0 Å². The maximum absolute atomic E-state index is 13.5. The third-order valence-corrected chi connectivity index (χ3v) is 6.90. The van der Waals surface area contributed by atoms with Crippen molar-refractivity contribution in [3.8, 4) is 5.75 Å². The number of rotatable bonds is 12. The zero-order valence-corrected chi connectivity index (χ0v) is 22.4. The molecule has 0 unspecified atom stereocenters. The van der Waals surface area contributed by atoms with Gasteiger partial charge >= 0.3 is 0 Å². The first-order valence-corrected chi connectivity index (χ1v) is 13.7. The molecule has 0 aromatic heterocycles. The molecule has 8 nitrogen and oxygen atoms in total. The first kappa shape index (κ1) is 28.5. The molecule has 0 heterocycles. The fraction of sp³-hybridized carbons (Fsp3) is 0.440. The zero-order chi connectivity index (χ0) is 26.2. The number of nitrogens with one attached hydrogen (secondary N) is 1. The minimum atomic E-state index is -3.80. The summed E-state index contributed by atoms with van der Waals surface area (Å²) < 4.78 is 31.7. The summed E-state index contributed by atoms with van der Waals surface area (Å²) in [5.41, 5.74) is 1.05. The summed E-state index contributed by atoms with van der Waals surface area (Å²) in [6.45, 7) is 7.41. The summed E-state index contributed by atoms with van der Waals surface area (Å²) in [5.74, 6) is -0.244. The van der Waals surface area contributed by atoms with Gasteiger partial charge < -0.3 is 15.0 Å². The van der Waals surface area contributed by atoms with Gasteiger partial charge in [0.2, 0.25) is 21.8 Å². The van der Waals surface area contributed by atoms with Crippen molar-refractivity contribution in [1.29, 1.82) is 0 Å². The topological polar surface area (TPSA) is 96.0 Å². The van der Waals surface area contributed by atoms with Crippen molar-refractivity contribution >= 4 is 39.1 Å². The number of anilines is 1. The molecule has 0 radical (unpaired) electrons. The van der Waals surface area contributed by atoms with Gasteiger partial charge in [0.25, 0.3) is 0 Å². The summed E-state index contributed by atoms with van der Waals surface area (Å²) >= 11 is 6.12. The minimum Gasteiger partial charge on any atom is -0.494 e. The number of carbonyl (C=O) groups excluding carboxylic acids is 2. The van der Waals surface area contributed by atoms with Crippen LogP contribution in [0.3, 0.4) is 0 Å². The minimum absolute atomic E-state index is 0.0653. The van der Waals surface area contributed by atoms with Crippen LogP contribution < -0.4 is 14.4 Å². The van der Waals surface area contributed by atoms with Gasteiger partial charge in [-0.05, 0) is 69.2 Å². The van der Waals surface area contributed by atoms with E-state index < -0.39 is 28.5 Å². The van der Waals surface area contributed by atoms with E-state index in [-0.39, 0.29) is 18.5 Å². The summed E-state index contributed by atoms with van der Waals surface area (Å²) in [7, 11) is -3.80. The smallest absolute Gasteiger partial charge is 0.244 e. The maximum Gasteiger partial charge on any atom is 0.244 e. The molecule has 0 saturated heterocycles. The molecule has 2 atom stereocenters. The van der Waals surface area contributed by atoms with E-state index in [0.29, 0.717) is 23.1 Å². The Labute approximate surface area is 213 Å². The standard InChI is InChI=1S/C25H34ClN3O5S/c1-6-18(3)27-25(31)19(4)28(16-20-9-8-10-21(26)15-20)24(30)17-29(35(5,32)33)22-11-13-23(14-12-22)34-7-2/h8-15,18-19H,6-7,16-17H2,1-5H3,(H,27,31)/t18-,19+/m1/s1. The summed E-state index contributed by atoms with van der Waals surface area (Å²) in [4.78, 5) is 27.8. The summed E-state index contributed by atoms with van der Waals surface area (Å²) in [6.07, 6.45) is 1.78. The first-order chi connectivity index (χ1) is 16.5. The highest BCUT2D eigenvalue weighted by Gasteiger charge is 2.30. The van der Waals surface area contributed by atoms with Gasteiger partial charge in [-0.15, -0.1) is 0 Å². The van der Waals surface area contributed by atoms with Crippen LogP contribution in [0.25, 0.3) is 0 Å². The highest BCUT2D eigenvalue weighted by molar-refractivity contribution is 7.92. The number of hydrogen-bond donors (Lipinski definition) is 1. The first-order valence-electron chi connectivity index (χ1n) is 11.5. The van der Waals surface area contributed by atoms with Gasteiger partial charge in [-0.1, -0.05) is 30.7 Å². The lowest BCUT2D eigenvalue weighted by atomic mass is 10.1. The molecule has 192 valence electrons. The van der Waals surface area contributed by atoms with E-state index in [1.165, 1.54) is 4.90 Å². The van der Waals surface area contributed by atoms with E-state index >= 15 is 0 Å². The molecule has 0 fully saturated rings. The van der Waals surface area contributed by atoms with Crippen LogP contribution in [0.2, 0.25) is 5.02 Å². The van der Waals surface area contributed by atoms with Crippen molar-refractivity contribution in [2.45, 2.75) is 52.7 Å². The summed E-state index contributed by atoms with van der Waals surface area (Å²) in [5, 5.41) is 3.39. The molecule has 35 heavy (non-hydrogen) atoms. The molecule has 0 aliphatic rings. The van der Waals surface area contributed by atoms with Crippen LogP contribution in [0.1, 0.15) is 39.7 Å². The molecule has 2 aromatic rings. The van der Waals surface area contributed by atoms with E-state index in [1.54, 1.807) is 55.5 Å². The van der Waals surface area contributed by atoms with Gasteiger partial charge in [0.15, 0.2) is 0 Å². The van der Waals surface area contributed by atoms with E-state index in [2.05, 4.69) is 5.32 Å². The van der Waals surface area contributed by atoms with Gasteiger partial charge in [-0.25, -0.2) is 8.42 Å². The number of nitrogens with zero attached hydrogens (tertiary/aromatic N) is 2. The van der Waals surface area contributed by atoms with Crippen molar-refractivity contribution in [3.05, 3.63) is 59.1 Å². The molecule has 0 saturated carbocycles. The average Bonchev–Trinajstić information content (AvgIpc) is 2.80. The van der Waals surface area contributed by atoms with Crippen LogP contribution in [0.15, 0.2) is 48.5 Å². The maximum atomic E-state index is 13.5. The quantitative estimate of drug-likeness (QED) is 0.456. The van der Waals surface area contributed by atoms with Crippen LogP contribution in [0.5, 0.6) is 5.75 Å². The van der Waals surface area contributed by atoms with Crippen LogP contribution in [0.4, 0.5) is 5.69 Å². The highest BCUT2D eigenvalue weighted by Crippen LogP contribution is 2.23. The molecule has 0 aliphatic carbocycles. The lowest BCUT2D eigenvalue weighted by molar-refractivity contribution is -0.139. The number of amides is 2. The van der Waals surface area contributed by atoms with Gasteiger partial charge in [-0.2, -0.15) is 0 Å². The molecule has 0 aliphatic heterocycles. The Balaban J connectivity index is 2.36. The van der Waals surface area contributed by atoms with Crippen molar-refractivity contribution in [2.75, 3.05) is 23.7 Å². The van der Waals surface area contributed by atoms with E-state index in [4.69, 9.17) is 16.3 Å². The average molecular weight is 524 g/mol. The van der Waals surface area contributed by atoms with Crippen LogP contribution in [-0.4, -0.2) is 56.6 Å². The molecular formula is C25H34ClN3O5S. The third kappa shape index (κ3) is 8.43. The van der Waals surface area contributed by atoms with Gasteiger partial charge in [0.1, 0.15) is 18.3 Å². The van der Waals surface area contributed by atoms with Crippen LogP contribution in [-0.2, 0) is 26.2 Å². The molecule has 2 amide bonds. The van der Waals surface area contributed by atoms with Gasteiger partial charge in [0, 0.05) is 17.6 Å². The second kappa shape index (κ2) is 12.8. The molecular weight excluding hydrogens is 490 g/mol. The Morgan fingerprint density at radius 3 is 2.29 bits per heavy atom. The number of halogens is 1. The van der Waals surface area contributed by atoms with Crippen LogP contribution >= 0.6 is 11.6 Å². The van der Waals surface area contributed by atoms with Crippen LogP contribution in [0, 0.1) is 0 Å². The van der Waals surface area contributed by atoms with Crippen molar-refractivity contribution in [1.82, 2.24) is 10.2 Å². The normalized spacial score (nSPS) is 13.0. The van der Waals surface area contributed by atoms with E-state index in [1.807, 2.05) is 20.8 Å². The molecule has 0 bridgehead atoms. The Bertz CT molecular complexity index is 1110. The number of carbonyl (C=O) groups is 2. The lowest BCUT2D eigenvalue weighted by Gasteiger charge is -2.32. The molecule has 0 spiro atoms. The zero-order valence-electron chi connectivity index (χ0n) is 20.8. The number of ether oxygens (including phenoxy) is 1.